The van der Waals surface area contributed by atoms with Gasteiger partial charge in [-0.15, -0.1) is 0 Å². The fourth-order valence-corrected chi connectivity index (χ4v) is 5.19. The fraction of sp³-hybridized carbons (Fsp3) is 0.292. The molecule has 1 N–H and O–H groups in total. The molecular formula is C24H18Cl2F2N2O4. The molecule has 2 bridgehead atoms. The van der Waals surface area contributed by atoms with Crippen molar-refractivity contribution in [2.45, 2.75) is 31.2 Å². The third kappa shape index (κ3) is 4.28. The van der Waals surface area contributed by atoms with Crippen molar-refractivity contribution in [1.82, 2.24) is 10.3 Å². The Morgan fingerprint density at radius 1 is 1.06 bits per heavy atom. The SMILES string of the molecule is O=C(COc1ccc(Cl)c(F)c1)NC12CC(CC(=O)c3cnc(-c4ccc(Cl)c(F)c4)o3)(C1)C2. The van der Waals surface area contributed by atoms with Gasteiger partial charge in [0, 0.05) is 23.6 Å². The number of carbonyl (C=O) groups excluding carboxylic acids is 2. The number of ether oxygens (including phenoxy) is 1. The number of hydrogen-bond donors (Lipinski definition) is 1. The van der Waals surface area contributed by atoms with Crippen LogP contribution in [0, 0.1) is 17.0 Å². The minimum atomic E-state index is -0.621. The molecule has 0 spiro atoms. The van der Waals surface area contributed by atoms with Crippen molar-refractivity contribution in [3.63, 3.8) is 0 Å². The van der Waals surface area contributed by atoms with Crippen LogP contribution in [0.2, 0.25) is 10.0 Å². The summed E-state index contributed by atoms with van der Waals surface area (Å²) in [6.45, 7) is -0.249. The van der Waals surface area contributed by atoms with E-state index in [1.807, 2.05) is 0 Å². The lowest BCUT2D eigenvalue weighted by Crippen LogP contribution is -2.75. The number of ketones is 1. The van der Waals surface area contributed by atoms with Crippen LogP contribution < -0.4 is 10.1 Å². The van der Waals surface area contributed by atoms with Crippen LogP contribution in [-0.2, 0) is 4.79 Å². The topological polar surface area (TPSA) is 81.4 Å². The van der Waals surface area contributed by atoms with Gasteiger partial charge in [-0.1, -0.05) is 23.2 Å². The number of rotatable bonds is 8. The Morgan fingerprint density at radius 3 is 2.41 bits per heavy atom. The molecule has 1 aromatic heterocycles. The molecule has 0 unspecified atom stereocenters. The van der Waals surface area contributed by atoms with Crippen molar-refractivity contribution >= 4 is 34.9 Å². The largest absolute Gasteiger partial charge is 0.484 e. The van der Waals surface area contributed by atoms with Gasteiger partial charge in [0.2, 0.25) is 5.89 Å². The molecule has 1 amide bonds. The monoisotopic (exact) mass is 506 g/mol. The number of aromatic nitrogens is 1. The first-order valence-electron chi connectivity index (χ1n) is 10.5. The van der Waals surface area contributed by atoms with Crippen molar-refractivity contribution < 1.29 is 27.5 Å². The van der Waals surface area contributed by atoms with Gasteiger partial charge in [0.05, 0.1) is 16.2 Å². The van der Waals surface area contributed by atoms with Crippen LogP contribution in [0.5, 0.6) is 5.75 Å². The Morgan fingerprint density at radius 2 is 1.74 bits per heavy atom. The Balaban J connectivity index is 1.11. The molecule has 3 fully saturated rings. The van der Waals surface area contributed by atoms with E-state index < -0.39 is 11.6 Å². The van der Waals surface area contributed by atoms with E-state index in [4.69, 9.17) is 32.4 Å². The van der Waals surface area contributed by atoms with E-state index in [9.17, 15) is 18.4 Å². The molecule has 0 atom stereocenters. The molecule has 3 saturated carbocycles. The van der Waals surface area contributed by atoms with E-state index in [0.29, 0.717) is 24.8 Å². The number of carbonyl (C=O) groups is 2. The van der Waals surface area contributed by atoms with E-state index in [0.717, 1.165) is 6.07 Å². The van der Waals surface area contributed by atoms with Gasteiger partial charge in [-0.3, -0.25) is 9.59 Å². The molecule has 2 aromatic carbocycles. The zero-order chi connectivity index (χ0) is 24.1. The summed E-state index contributed by atoms with van der Waals surface area (Å²) in [5.74, 6) is -1.27. The summed E-state index contributed by atoms with van der Waals surface area (Å²) < 4.78 is 38.0. The molecule has 3 aromatic rings. The highest BCUT2D eigenvalue weighted by atomic mass is 35.5. The summed E-state index contributed by atoms with van der Waals surface area (Å²) in [6.07, 6.45) is 3.64. The Bertz CT molecular complexity index is 1290. The first kappa shape index (κ1) is 22.8. The number of benzene rings is 2. The minimum Gasteiger partial charge on any atom is -0.484 e. The second kappa shape index (κ2) is 8.36. The molecule has 0 saturated heterocycles. The summed E-state index contributed by atoms with van der Waals surface area (Å²) in [4.78, 5) is 29.0. The Hall–Kier alpha value is -2.97. The highest BCUT2D eigenvalue weighted by Gasteiger charge is 2.68. The molecule has 3 aliphatic carbocycles. The van der Waals surface area contributed by atoms with E-state index in [-0.39, 0.29) is 63.1 Å². The van der Waals surface area contributed by atoms with Gasteiger partial charge in [0.1, 0.15) is 17.4 Å². The van der Waals surface area contributed by atoms with Gasteiger partial charge in [0.25, 0.3) is 5.91 Å². The minimum absolute atomic E-state index is 0.0123. The number of nitrogens with zero attached hydrogens (tertiary/aromatic N) is 1. The van der Waals surface area contributed by atoms with Crippen LogP contribution in [0.25, 0.3) is 11.5 Å². The summed E-state index contributed by atoms with van der Waals surface area (Å²) >= 11 is 11.3. The third-order valence-electron chi connectivity index (χ3n) is 6.29. The van der Waals surface area contributed by atoms with Crippen LogP contribution in [0.15, 0.2) is 47.0 Å². The predicted molar refractivity (Wildman–Crippen MR) is 120 cm³/mol. The average Bonchev–Trinajstić information content (AvgIpc) is 3.24. The zero-order valence-electron chi connectivity index (χ0n) is 17.7. The number of nitrogens with one attached hydrogen (secondary N) is 1. The first-order chi connectivity index (χ1) is 16.2. The third-order valence-corrected chi connectivity index (χ3v) is 6.90. The van der Waals surface area contributed by atoms with Gasteiger partial charge < -0.3 is 14.5 Å². The van der Waals surface area contributed by atoms with Crippen molar-refractivity contribution in [1.29, 1.82) is 0 Å². The standard InChI is InChI=1S/C24H18Cl2F2N2O4/c25-15-3-1-13(5-17(15)27)22-29-8-20(34-22)19(31)7-23-10-24(11-23,12-23)30-21(32)9-33-14-2-4-16(26)18(28)6-14/h1-6,8H,7,9-12H2,(H,30,32). The summed E-state index contributed by atoms with van der Waals surface area (Å²) in [5.41, 5.74) is -0.125. The molecule has 10 heteroatoms. The number of hydrogen-bond acceptors (Lipinski definition) is 5. The summed E-state index contributed by atoms with van der Waals surface area (Å²) in [5, 5.41) is 2.92. The zero-order valence-corrected chi connectivity index (χ0v) is 19.2. The molecule has 176 valence electrons. The highest BCUT2D eigenvalue weighted by molar-refractivity contribution is 6.31. The van der Waals surface area contributed by atoms with Gasteiger partial charge in [-0.2, -0.15) is 0 Å². The van der Waals surface area contributed by atoms with Gasteiger partial charge >= 0.3 is 0 Å². The predicted octanol–water partition coefficient (Wildman–Crippen LogP) is 5.62. The number of halogens is 4. The smallest absolute Gasteiger partial charge is 0.258 e. The lowest BCUT2D eigenvalue weighted by Gasteiger charge is -2.70. The fourth-order valence-electron chi connectivity index (χ4n) is 4.96. The van der Waals surface area contributed by atoms with Crippen LogP contribution in [-0.4, -0.2) is 28.8 Å². The second-order valence-corrected chi connectivity index (χ2v) is 9.80. The lowest BCUT2D eigenvalue weighted by molar-refractivity contribution is -0.164. The molecule has 34 heavy (non-hydrogen) atoms. The van der Waals surface area contributed by atoms with Crippen LogP contribution in [0.1, 0.15) is 36.2 Å². The molecular weight excluding hydrogens is 489 g/mol. The highest BCUT2D eigenvalue weighted by Crippen LogP contribution is 2.69. The van der Waals surface area contributed by atoms with E-state index in [2.05, 4.69) is 10.3 Å². The summed E-state index contributed by atoms with van der Waals surface area (Å²) in [7, 11) is 0. The number of oxazole rings is 1. The van der Waals surface area contributed by atoms with Gasteiger partial charge in [0.15, 0.2) is 18.2 Å². The van der Waals surface area contributed by atoms with Crippen molar-refractivity contribution in [3.05, 3.63) is 70.0 Å². The number of amides is 1. The van der Waals surface area contributed by atoms with Crippen molar-refractivity contribution in [2.24, 2.45) is 5.41 Å². The molecule has 0 aliphatic heterocycles. The first-order valence-corrected chi connectivity index (χ1v) is 11.2. The molecule has 6 nitrogen and oxygen atoms in total. The van der Waals surface area contributed by atoms with Crippen LogP contribution in [0.4, 0.5) is 8.78 Å². The Kier molecular flexibility index (Phi) is 5.61. The van der Waals surface area contributed by atoms with E-state index in [1.54, 1.807) is 6.07 Å². The normalized spacial score (nSPS) is 22.5. The summed E-state index contributed by atoms with van der Waals surface area (Å²) in [6, 6.07) is 8.12. The number of Topliss-reactive ketones (excluding diaryl/α,β-unsaturated/α-hetero) is 1. The molecule has 0 radical (unpaired) electrons. The van der Waals surface area contributed by atoms with Gasteiger partial charge in [-0.25, -0.2) is 13.8 Å². The lowest BCUT2D eigenvalue weighted by atomic mass is 9.38. The van der Waals surface area contributed by atoms with E-state index in [1.165, 1.54) is 30.5 Å². The second-order valence-electron chi connectivity index (χ2n) is 8.98. The van der Waals surface area contributed by atoms with Crippen molar-refractivity contribution in [3.8, 4) is 17.2 Å². The maximum atomic E-state index is 13.7. The maximum Gasteiger partial charge on any atom is 0.258 e. The maximum absolute atomic E-state index is 13.7. The molecule has 1 heterocycles. The van der Waals surface area contributed by atoms with Crippen LogP contribution in [0.3, 0.4) is 0 Å². The van der Waals surface area contributed by atoms with Crippen LogP contribution >= 0.6 is 23.2 Å². The van der Waals surface area contributed by atoms with Crippen molar-refractivity contribution in [2.75, 3.05) is 6.61 Å². The van der Waals surface area contributed by atoms with E-state index >= 15 is 0 Å². The quantitative estimate of drug-likeness (QED) is 0.401. The molecule has 3 aliphatic rings. The van der Waals surface area contributed by atoms with Gasteiger partial charge in [-0.05, 0) is 55.0 Å². The molecule has 6 rings (SSSR count). The Labute approximate surface area is 203 Å². The average molecular weight is 507 g/mol.